The minimum atomic E-state index is 0.0123. The van der Waals surface area contributed by atoms with Crippen LogP contribution in [-0.4, -0.2) is 17.6 Å². The fraction of sp³-hybridized carbons (Fsp3) is 0.250. The fourth-order valence-corrected chi connectivity index (χ4v) is 2.09. The third kappa shape index (κ3) is 3.19. The lowest BCUT2D eigenvalue weighted by atomic mass is 9.91. The molecule has 1 aromatic carbocycles. The zero-order valence-corrected chi connectivity index (χ0v) is 11.1. The SMILES string of the molecule is CC1=CC(C)C(/C=C/c2ccc(O)c(C=O)c2)C=N1. The maximum absolute atomic E-state index is 10.8. The van der Waals surface area contributed by atoms with Gasteiger partial charge in [0.05, 0.1) is 5.56 Å². The summed E-state index contributed by atoms with van der Waals surface area (Å²) in [5, 5.41) is 9.44. The van der Waals surface area contributed by atoms with Gasteiger partial charge in [-0.15, -0.1) is 0 Å². The van der Waals surface area contributed by atoms with Crippen molar-refractivity contribution in [2.45, 2.75) is 13.8 Å². The third-order valence-electron chi connectivity index (χ3n) is 3.25. The van der Waals surface area contributed by atoms with Gasteiger partial charge in [0.1, 0.15) is 5.75 Å². The number of hydrogen-bond acceptors (Lipinski definition) is 3. The second kappa shape index (κ2) is 5.65. The molecular formula is C16H17NO2. The molecule has 19 heavy (non-hydrogen) atoms. The Hall–Kier alpha value is -2.16. The summed E-state index contributed by atoms with van der Waals surface area (Å²) >= 11 is 0. The second-order valence-corrected chi connectivity index (χ2v) is 4.82. The average Bonchev–Trinajstić information content (AvgIpc) is 2.39. The number of aliphatic imine (C=N–C) groups is 1. The molecule has 0 fully saturated rings. The summed E-state index contributed by atoms with van der Waals surface area (Å²) in [5.74, 6) is 0.687. The highest BCUT2D eigenvalue weighted by Crippen LogP contribution is 2.22. The summed E-state index contributed by atoms with van der Waals surface area (Å²) in [6.07, 6.45) is 8.76. The van der Waals surface area contributed by atoms with Gasteiger partial charge in [-0.05, 0) is 30.5 Å². The molecule has 3 heteroatoms. The molecule has 98 valence electrons. The van der Waals surface area contributed by atoms with Gasteiger partial charge in [0.25, 0.3) is 0 Å². The number of aromatic hydroxyl groups is 1. The molecular weight excluding hydrogens is 238 g/mol. The van der Waals surface area contributed by atoms with Crippen molar-refractivity contribution in [3.05, 3.63) is 47.2 Å². The van der Waals surface area contributed by atoms with Crippen LogP contribution in [0.15, 0.2) is 41.0 Å². The van der Waals surface area contributed by atoms with Gasteiger partial charge in [-0.2, -0.15) is 0 Å². The zero-order chi connectivity index (χ0) is 13.8. The number of rotatable bonds is 3. The average molecular weight is 255 g/mol. The monoisotopic (exact) mass is 255 g/mol. The maximum atomic E-state index is 10.8. The van der Waals surface area contributed by atoms with Crippen LogP contribution in [-0.2, 0) is 0 Å². The van der Waals surface area contributed by atoms with Gasteiger partial charge >= 0.3 is 0 Å². The number of aldehydes is 1. The Bertz CT molecular complexity index is 570. The van der Waals surface area contributed by atoms with Crippen LogP contribution in [0.5, 0.6) is 5.75 Å². The lowest BCUT2D eigenvalue weighted by molar-refractivity contribution is 0.112. The predicted molar refractivity (Wildman–Crippen MR) is 77.4 cm³/mol. The van der Waals surface area contributed by atoms with E-state index in [1.165, 1.54) is 6.07 Å². The van der Waals surface area contributed by atoms with E-state index in [9.17, 15) is 9.90 Å². The number of nitrogens with zero attached hydrogens (tertiary/aromatic N) is 1. The molecule has 0 saturated heterocycles. The molecule has 3 nitrogen and oxygen atoms in total. The van der Waals surface area contributed by atoms with E-state index in [0.29, 0.717) is 17.8 Å². The topological polar surface area (TPSA) is 49.7 Å². The maximum Gasteiger partial charge on any atom is 0.153 e. The molecule has 2 rings (SSSR count). The molecule has 1 aliphatic heterocycles. The highest BCUT2D eigenvalue weighted by molar-refractivity contribution is 5.80. The van der Waals surface area contributed by atoms with Crippen LogP contribution in [0, 0.1) is 11.8 Å². The Kier molecular flexibility index (Phi) is 3.95. The van der Waals surface area contributed by atoms with Gasteiger partial charge in [0.15, 0.2) is 6.29 Å². The first-order chi connectivity index (χ1) is 9.10. The van der Waals surface area contributed by atoms with Crippen LogP contribution < -0.4 is 0 Å². The van der Waals surface area contributed by atoms with E-state index in [1.54, 1.807) is 12.1 Å². The Balaban J connectivity index is 2.15. The summed E-state index contributed by atoms with van der Waals surface area (Å²) in [6.45, 7) is 4.14. The number of phenols is 1. The minimum absolute atomic E-state index is 0.0123. The molecule has 1 aromatic rings. The Morgan fingerprint density at radius 1 is 1.37 bits per heavy atom. The van der Waals surface area contributed by atoms with E-state index in [2.05, 4.69) is 24.1 Å². The normalized spacial score (nSPS) is 22.5. The molecule has 0 aromatic heterocycles. The van der Waals surface area contributed by atoms with Crippen molar-refractivity contribution in [3.8, 4) is 5.75 Å². The Morgan fingerprint density at radius 2 is 2.16 bits per heavy atom. The molecule has 0 bridgehead atoms. The summed E-state index contributed by atoms with van der Waals surface area (Å²) in [7, 11) is 0. The van der Waals surface area contributed by atoms with E-state index < -0.39 is 0 Å². The molecule has 1 N–H and O–H groups in total. The van der Waals surface area contributed by atoms with E-state index in [4.69, 9.17) is 0 Å². The Labute approximate surface area is 113 Å². The largest absolute Gasteiger partial charge is 0.507 e. The molecule has 0 amide bonds. The summed E-state index contributed by atoms with van der Waals surface area (Å²) in [4.78, 5) is 15.1. The van der Waals surface area contributed by atoms with Crippen molar-refractivity contribution >= 4 is 18.6 Å². The lowest BCUT2D eigenvalue weighted by Gasteiger charge is -2.17. The van der Waals surface area contributed by atoms with Crippen LogP contribution in [0.1, 0.15) is 29.8 Å². The van der Waals surface area contributed by atoms with Crippen molar-refractivity contribution < 1.29 is 9.90 Å². The minimum Gasteiger partial charge on any atom is -0.507 e. The van der Waals surface area contributed by atoms with Gasteiger partial charge in [-0.25, -0.2) is 0 Å². The number of phenolic OH excluding ortho intramolecular Hbond substituents is 1. The van der Waals surface area contributed by atoms with Crippen LogP contribution in [0.4, 0.5) is 0 Å². The first-order valence-electron chi connectivity index (χ1n) is 6.29. The molecule has 2 atom stereocenters. The van der Waals surface area contributed by atoms with Gasteiger partial charge in [0.2, 0.25) is 0 Å². The van der Waals surface area contributed by atoms with Crippen molar-refractivity contribution in [1.82, 2.24) is 0 Å². The van der Waals surface area contributed by atoms with Crippen LogP contribution in [0.3, 0.4) is 0 Å². The quantitative estimate of drug-likeness (QED) is 0.841. The number of hydrogen-bond donors (Lipinski definition) is 1. The van der Waals surface area contributed by atoms with Gasteiger partial charge in [-0.1, -0.05) is 31.2 Å². The molecule has 0 aliphatic carbocycles. The molecule has 2 unspecified atom stereocenters. The number of allylic oxidation sites excluding steroid dienone is 3. The van der Waals surface area contributed by atoms with Crippen molar-refractivity contribution in [2.24, 2.45) is 16.8 Å². The van der Waals surface area contributed by atoms with E-state index in [1.807, 2.05) is 19.2 Å². The van der Waals surface area contributed by atoms with Gasteiger partial charge in [0, 0.05) is 17.8 Å². The highest BCUT2D eigenvalue weighted by atomic mass is 16.3. The summed E-state index contributed by atoms with van der Waals surface area (Å²) in [5.41, 5.74) is 2.25. The Morgan fingerprint density at radius 3 is 2.84 bits per heavy atom. The number of carbonyl (C=O) groups is 1. The molecule has 0 spiro atoms. The number of carbonyl (C=O) groups excluding carboxylic acids is 1. The van der Waals surface area contributed by atoms with Gasteiger partial charge < -0.3 is 5.11 Å². The molecule has 1 heterocycles. The fourth-order valence-electron chi connectivity index (χ4n) is 2.09. The molecule has 1 aliphatic rings. The van der Waals surface area contributed by atoms with E-state index in [0.717, 1.165) is 11.3 Å². The van der Waals surface area contributed by atoms with Crippen molar-refractivity contribution in [1.29, 1.82) is 0 Å². The predicted octanol–water partition coefficient (Wildman–Crippen LogP) is 3.46. The van der Waals surface area contributed by atoms with Crippen LogP contribution >= 0.6 is 0 Å². The lowest BCUT2D eigenvalue weighted by Crippen LogP contribution is -2.12. The third-order valence-corrected chi connectivity index (χ3v) is 3.25. The summed E-state index contributed by atoms with van der Waals surface area (Å²) < 4.78 is 0. The van der Waals surface area contributed by atoms with Gasteiger partial charge in [-0.3, -0.25) is 9.79 Å². The van der Waals surface area contributed by atoms with E-state index >= 15 is 0 Å². The highest BCUT2D eigenvalue weighted by Gasteiger charge is 2.13. The smallest absolute Gasteiger partial charge is 0.153 e. The van der Waals surface area contributed by atoms with Crippen molar-refractivity contribution in [2.75, 3.05) is 0 Å². The summed E-state index contributed by atoms with van der Waals surface area (Å²) in [6, 6.07) is 4.99. The first-order valence-corrected chi connectivity index (χ1v) is 6.29. The van der Waals surface area contributed by atoms with E-state index in [-0.39, 0.29) is 11.7 Å². The first kappa shape index (κ1) is 13.3. The zero-order valence-electron chi connectivity index (χ0n) is 11.1. The van der Waals surface area contributed by atoms with Crippen molar-refractivity contribution in [3.63, 3.8) is 0 Å². The number of benzene rings is 1. The molecule has 0 saturated carbocycles. The standard InChI is InChI=1S/C16H17NO2/c1-11-7-12(2)17-9-14(11)5-3-13-4-6-16(19)15(8-13)10-18/h3-11,14,19H,1-2H3/b5-3+. The second-order valence-electron chi connectivity index (χ2n) is 4.82. The van der Waals surface area contributed by atoms with Crippen LogP contribution in [0.25, 0.3) is 6.08 Å². The van der Waals surface area contributed by atoms with Crippen LogP contribution in [0.2, 0.25) is 0 Å². The molecule has 0 radical (unpaired) electrons.